The Balaban J connectivity index is 1.38. The summed E-state index contributed by atoms with van der Waals surface area (Å²) in [6.07, 6.45) is 0. The van der Waals surface area contributed by atoms with Crippen molar-refractivity contribution in [2.45, 2.75) is 0 Å². The van der Waals surface area contributed by atoms with Crippen molar-refractivity contribution >= 4 is 54.7 Å². The van der Waals surface area contributed by atoms with Crippen molar-refractivity contribution < 1.29 is 9.47 Å². The normalized spacial score (nSPS) is 12.8. The number of rotatable bonds is 1. The van der Waals surface area contributed by atoms with Gasteiger partial charge in [0.05, 0.1) is 0 Å². The highest BCUT2D eigenvalue weighted by atomic mass is 32.1. The molecule has 166 valence electrons. The van der Waals surface area contributed by atoms with E-state index in [-0.39, 0.29) is 6.71 Å². The number of pyridine rings is 1. The Morgan fingerprint density at radius 3 is 2.11 bits per heavy atom. The van der Waals surface area contributed by atoms with Gasteiger partial charge in [0.2, 0.25) is 0 Å². The van der Waals surface area contributed by atoms with Crippen molar-refractivity contribution in [3.63, 3.8) is 0 Å². The van der Waals surface area contributed by atoms with Crippen LogP contribution >= 0.6 is 11.3 Å². The molecule has 6 heteroatoms. The molecule has 0 fully saturated rings. The summed E-state index contributed by atoms with van der Waals surface area (Å²) in [5.41, 5.74) is 5.92. The fraction of sp³-hybridized carbons (Fsp3) is 0. The molecule has 4 heterocycles. The molecule has 0 radical (unpaired) electrons. The molecule has 0 spiro atoms. The van der Waals surface area contributed by atoms with Crippen LogP contribution in [-0.4, -0.2) is 11.7 Å². The zero-order valence-corrected chi connectivity index (χ0v) is 19.7. The number of nitriles is 1. The van der Waals surface area contributed by atoms with E-state index in [1.165, 1.54) is 0 Å². The first-order valence-electron chi connectivity index (χ1n) is 11.7. The van der Waals surface area contributed by atoms with Gasteiger partial charge in [-0.15, -0.1) is 11.3 Å². The Hall–Kier alpha value is -4.60. The smallest absolute Gasteiger partial charge is 0.260 e. The Morgan fingerprint density at radius 2 is 1.42 bits per heavy atom. The van der Waals surface area contributed by atoms with E-state index < -0.39 is 0 Å². The SMILES string of the molecule is N#Cc1ccc2c(n1)sc1c(-c3cc4c5c(c3)Oc3ccccc3B5c3ccccc3O4)cccc12. The molecule has 0 N–H and O–H groups in total. The summed E-state index contributed by atoms with van der Waals surface area (Å²) < 4.78 is 14.1. The molecule has 0 bridgehead atoms. The van der Waals surface area contributed by atoms with Gasteiger partial charge < -0.3 is 9.47 Å². The van der Waals surface area contributed by atoms with Crippen LogP contribution < -0.4 is 25.9 Å². The number of hydrogen-bond donors (Lipinski definition) is 0. The van der Waals surface area contributed by atoms with Crippen LogP contribution in [0.25, 0.3) is 31.4 Å². The molecular formula is C30H15BN2O2S. The number of hydrogen-bond acceptors (Lipinski definition) is 5. The standard InChI is InChI=1S/C30H15BN2O2S/c32-16-18-12-13-21-20-7-5-6-19(29(20)36-30(21)33-18)17-14-26-28-27(15-17)35-25-11-4-2-9-23(25)31(28)22-8-1-3-10-24(22)34-26/h1-15H. The van der Waals surface area contributed by atoms with Crippen molar-refractivity contribution in [2.75, 3.05) is 0 Å². The molecule has 6 aromatic rings. The molecule has 0 aliphatic carbocycles. The quantitative estimate of drug-likeness (QED) is 0.284. The van der Waals surface area contributed by atoms with Gasteiger partial charge in [-0.2, -0.15) is 5.26 Å². The average Bonchev–Trinajstić information content (AvgIpc) is 3.30. The largest absolute Gasteiger partial charge is 0.458 e. The zero-order valence-electron chi connectivity index (χ0n) is 18.9. The van der Waals surface area contributed by atoms with Crippen LogP contribution in [0.5, 0.6) is 23.0 Å². The van der Waals surface area contributed by atoms with E-state index >= 15 is 0 Å². The Kier molecular flexibility index (Phi) is 3.94. The molecule has 0 amide bonds. The fourth-order valence-corrected chi connectivity index (χ4v) is 6.73. The predicted octanol–water partition coefficient (Wildman–Crippen LogP) is 5.72. The van der Waals surface area contributed by atoms with Gasteiger partial charge in [-0.3, -0.25) is 0 Å². The summed E-state index contributed by atoms with van der Waals surface area (Å²) >= 11 is 1.61. The second-order valence-corrected chi connectivity index (χ2v) is 10.0. The minimum Gasteiger partial charge on any atom is -0.458 e. The van der Waals surface area contributed by atoms with E-state index in [9.17, 15) is 5.26 Å². The minimum atomic E-state index is 0.0627. The monoisotopic (exact) mass is 478 g/mol. The fourth-order valence-electron chi connectivity index (χ4n) is 5.52. The van der Waals surface area contributed by atoms with Crippen molar-refractivity contribution in [2.24, 2.45) is 0 Å². The van der Waals surface area contributed by atoms with Gasteiger partial charge in [-0.1, -0.05) is 54.6 Å². The van der Waals surface area contributed by atoms with E-state index in [1.807, 2.05) is 30.3 Å². The highest BCUT2D eigenvalue weighted by Gasteiger charge is 2.40. The van der Waals surface area contributed by atoms with Gasteiger partial charge in [0, 0.05) is 20.9 Å². The molecule has 4 nitrogen and oxygen atoms in total. The third-order valence-corrected chi connectivity index (χ3v) is 8.23. The van der Waals surface area contributed by atoms with Crippen molar-refractivity contribution in [1.29, 1.82) is 5.26 Å². The number of thiophene rings is 1. The molecule has 0 saturated carbocycles. The maximum absolute atomic E-state index is 9.31. The molecule has 0 unspecified atom stereocenters. The summed E-state index contributed by atoms with van der Waals surface area (Å²) in [5.74, 6) is 3.40. The topological polar surface area (TPSA) is 55.1 Å². The van der Waals surface area contributed by atoms with Crippen LogP contribution in [-0.2, 0) is 0 Å². The summed E-state index contributed by atoms with van der Waals surface area (Å²) in [6.45, 7) is 0.0627. The second-order valence-electron chi connectivity index (χ2n) is 9.04. The maximum atomic E-state index is 9.31. The van der Waals surface area contributed by atoms with E-state index in [0.717, 1.165) is 70.8 Å². The lowest BCUT2D eigenvalue weighted by Gasteiger charge is -2.33. The first kappa shape index (κ1) is 19.7. The van der Waals surface area contributed by atoms with Crippen LogP contribution in [0.1, 0.15) is 5.69 Å². The number of fused-ring (bicyclic) bond motifs is 7. The van der Waals surface area contributed by atoms with Gasteiger partial charge in [-0.25, -0.2) is 4.98 Å². The molecule has 0 atom stereocenters. The average molecular weight is 478 g/mol. The summed E-state index contributed by atoms with van der Waals surface area (Å²) in [5, 5.41) is 11.5. The van der Waals surface area contributed by atoms with E-state index in [2.05, 4.69) is 65.7 Å². The lowest BCUT2D eigenvalue weighted by atomic mass is 9.35. The summed E-state index contributed by atoms with van der Waals surface area (Å²) in [7, 11) is 0. The third-order valence-electron chi connectivity index (χ3n) is 7.08. The van der Waals surface area contributed by atoms with E-state index in [0.29, 0.717) is 5.69 Å². The van der Waals surface area contributed by atoms with Gasteiger partial charge in [0.1, 0.15) is 39.6 Å². The van der Waals surface area contributed by atoms with Crippen LogP contribution in [0.4, 0.5) is 0 Å². The van der Waals surface area contributed by atoms with Gasteiger partial charge in [-0.05, 0) is 58.5 Å². The van der Waals surface area contributed by atoms with Crippen LogP contribution in [0.15, 0.2) is 91.0 Å². The van der Waals surface area contributed by atoms with Crippen molar-refractivity contribution in [3.05, 3.63) is 96.7 Å². The first-order valence-corrected chi connectivity index (χ1v) is 12.5. The van der Waals surface area contributed by atoms with Crippen LogP contribution in [0.2, 0.25) is 0 Å². The van der Waals surface area contributed by atoms with Gasteiger partial charge in [0.25, 0.3) is 6.71 Å². The van der Waals surface area contributed by atoms with E-state index in [1.54, 1.807) is 17.4 Å². The summed E-state index contributed by atoms with van der Waals surface area (Å²) in [6, 6.07) is 33.0. The summed E-state index contributed by atoms with van der Waals surface area (Å²) in [4.78, 5) is 5.41. The maximum Gasteiger partial charge on any atom is 0.260 e. The van der Waals surface area contributed by atoms with Gasteiger partial charge in [0.15, 0.2) is 0 Å². The molecule has 2 aromatic heterocycles. The molecule has 36 heavy (non-hydrogen) atoms. The molecule has 2 aliphatic rings. The Morgan fingerprint density at radius 1 is 0.722 bits per heavy atom. The lowest BCUT2D eigenvalue weighted by molar-refractivity contribution is 0.465. The Bertz CT molecular complexity index is 1870. The highest BCUT2D eigenvalue weighted by Crippen LogP contribution is 2.43. The number of ether oxygens (including phenoxy) is 2. The Labute approximate surface area is 211 Å². The molecule has 8 rings (SSSR count). The number of para-hydroxylation sites is 2. The second kappa shape index (κ2) is 7.21. The van der Waals surface area contributed by atoms with Crippen LogP contribution in [0, 0.1) is 11.3 Å². The first-order chi connectivity index (χ1) is 17.8. The lowest BCUT2D eigenvalue weighted by Crippen LogP contribution is -2.57. The van der Waals surface area contributed by atoms with Crippen molar-refractivity contribution in [1.82, 2.24) is 4.98 Å². The molecule has 0 saturated heterocycles. The molecule has 2 aliphatic heterocycles. The molecule has 4 aromatic carbocycles. The zero-order chi connectivity index (χ0) is 23.8. The predicted molar refractivity (Wildman–Crippen MR) is 145 cm³/mol. The minimum absolute atomic E-state index is 0.0627. The number of benzene rings is 4. The number of nitrogens with zero attached hydrogens (tertiary/aromatic N) is 2. The van der Waals surface area contributed by atoms with Gasteiger partial charge >= 0.3 is 0 Å². The molecular weight excluding hydrogens is 463 g/mol. The van der Waals surface area contributed by atoms with E-state index in [4.69, 9.17) is 9.47 Å². The highest BCUT2D eigenvalue weighted by molar-refractivity contribution is 7.26. The van der Waals surface area contributed by atoms with Crippen LogP contribution in [0.3, 0.4) is 0 Å². The third kappa shape index (κ3) is 2.66. The number of aromatic nitrogens is 1. The van der Waals surface area contributed by atoms with Crippen molar-refractivity contribution in [3.8, 4) is 40.2 Å².